The first-order valence-electron chi connectivity index (χ1n) is 2.95. The number of aldehydes is 1. The molecule has 0 aliphatic carbocycles. The highest BCUT2D eigenvalue weighted by Crippen LogP contribution is 1.97. The Bertz CT molecular complexity index is 110. The fourth-order valence-corrected chi connectivity index (χ4v) is 0.561. The van der Waals surface area contributed by atoms with Crippen LogP contribution in [0.2, 0.25) is 0 Å². The third kappa shape index (κ3) is 3.73. The number of nitrogens with one attached hydrogen (secondary N) is 1. The van der Waals surface area contributed by atoms with Gasteiger partial charge in [-0.2, -0.15) is 0 Å². The number of hydrogen-bond acceptors (Lipinski definition) is 3. The zero-order chi connectivity index (χ0) is 7.11. The van der Waals surface area contributed by atoms with Crippen molar-refractivity contribution < 1.29 is 4.79 Å². The Morgan fingerprint density at radius 1 is 1.78 bits per heavy atom. The molecule has 0 fully saturated rings. The topological polar surface area (TPSA) is 55.1 Å². The van der Waals surface area contributed by atoms with Gasteiger partial charge in [-0.05, 0) is 6.42 Å². The van der Waals surface area contributed by atoms with E-state index in [0.717, 1.165) is 19.1 Å². The molecule has 0 atom stereocenters. The summed E-state index contributed by atoms with van der Waals surface area (Å²) < 4.78 is 0. The van der Waals surface area contributed by atoms with Crippen molar-refractivity contribution in [1.29, 1.82) is 0 Å². The highest BCUT2D eigenvalue weighted by atomic mass is 16.1. The van der Waals surface area contributed by atoms with Crippen LogP contribution in [-0.4, -0.2) is 6.29 Å². The smallest absolute Gasteiger partial charge is 0.147 e. The van der Waals surface area contributed by atoms with Crippen molar-refractivity contribution in [2.24, 2.45) is 5.84 Å². The molecule has 0 radical (unpaired) electrons. The summed E-state index contributed by atoms with van der Waals surface area (Å²) in [5.74, 6) is 4.95. The summed E-state index contributed by atoms with van der Waals surface area (Å²) in [6.45, 7) is 2.01. The maximum Gasteiger partial charge on any atom is 0.147 e. The van der Waals surface area contributed by atoms with E-state index in [1.165, 1.54) is 6.20 Å². The minimum atomic E-state index is 0.708. The van der Waals surface area contributed by atoms with Crippen LogP contribution in [0.5, 0.6) is 0 Å². The number of nitrogens with two attached hydrogens (primary N) is 1. The normalized spacial score (nSPS) is 11.1. The molecule has 0 amide bonds. The summed E-state index contributed by atoms with van der Waals surface area (Å²) in [5, 5.41) is 0. The second-order valence-corrected chi connectivity index (χ2v) is 1.75. The molecular weight excluding hydrogens is 116 g/mol. The summed E-state index contributed by atoms with van der Waals surface area (Å²) >= 11 is 0. The van der Waals surface area contributed by atoms with E-state index in [2.05, 4.69) is 5.43 Å². The van der Waals surface area contributed by atoms with Crippen LogP contribution in [0.3, 0.4) is 0 Å². The van der Waals surface area contributed by atoms with Crippen LogP contribution in [0.1, 0.15) is 19.8 Å². The minimum Gasteiger partial charge on any atom is -0.331 e. The molecule has 3 N–H and O–H groups in total. The lowest BCUT2D eigenvalue weighted by atomic mass is 10.2. The number of allylic oxidation sites excluding steroid dienone is 1. The Morgan fingerprint density at radius 2 is 2.44 bits per heavy atom. The van der Waals surface area contributed by atoms with Gasteiger partial charge >= 0.3 is 0 Å². The van der Waals surface area contributed by atoms with Gasteiger partial charge in [-0.3, -0.25) is 10.6 Å². The minimum absolute atomic E-state index is 0.708. The van der Waals surface area contributed by atoms with Crippen molar-refractivity contribution in [3.05, 3.63) is 11.8 Å². The fraction of sp³-hybridized carbons (Fsp3) is 0.500. The molecule has 0 aromatic rings. The van der Waals surface area contributed by atoms with E-state index in [4.69, 9.17) is 5.84 Å². The van der Waals surface area contributed by atoms with Crippen LogP contribution >= 0.6 is 0 Å². The molecule has 9 heavy (non-hydrogen) atoms. The molecule has 0 aromatic carbocycles. The van der Waals surface area contributed by atoms with Crippen molar-refractivity contribution in [2.45, 2.75) is 19.8 Å². The third-order valence-electron chi connectivity index (χ3n) is 0.959. The molecule has 0 saturated heterocycles. The van der Waals surface area contributed by atoms with Gasteiger partial charge in [0, 0.05) is 11.8 Å². The summed E-state index contributed by atoms with van der Waals surface area (Å²) in [6, 6.07) is 0. The first-order chi connectivity index (χ1) is 4.35. The molecule has 0 rings (SSSR count). The van der Waals surface area contributed by atoms with Crippen molar-refractivity contribution in [3.63, 3.8) is 0 Å². The summed E-state index contributed by atoms with van der Waals surface area (Å²) in [7, 11) is 0. The van der Waals surface area contributed by atoms with Gasteiger partial charge in [0.15, 0.2) is 0 Å². The molecule has 0 heterocycles. The second kappa shape index (κ2) is 5.31. The van der Waals surface area contributed by atoms with Crippen molar-refractivity contribution in [3.8, 4) is 0 Å². The number of carbonyl (C=O) groups is 1. The first-order valence-corrected chi connectivity index (χ1v) is 2.95. The van der Waals surface area contributed by atoms with E-state index in [0.29, 0.717) is 5.57 Å². The molecule has 0 saturated carbocycles. The highest BCUT2D eigenvalue weighted by Gasteiger charge is 1.89. The monoisotopic (exact) mass is 128 g/mol. The predicted molar refractivity (Wildman–Crippen MR) is 36.4 cm³/mol. The second-order valence-electron chi connectivity index (χ2n) is 1.75. The lowest BCUT2D eigenvalue weighted by Crippen LogP contribution is -2.14. The largest absolute Gasteiger partial charge is 0.331 e. The van der Waals surface area contributed by atoms with Crippen molar-refractivity contribution in [1.82, 2.24) is 5.43 Å². The van der Waals surface area contributed by atoms with Crippen molar-refractivity contribution >= 4 is 6.29 Å². The van der Waals surface area contributed by atoms with Gasteiger partial charge in [-0.1, -0.05) is 13.3 Å². The third-order valence-corrected chi connectivity index (χ3v) is 0.959. The van der Waals surface area contributed by atoms with Crippen molar-refractivity contribution in [2.75, 3.05) is 0 Å². The van der Waals surface area contributed by atoms with Gasteiger partial charge in [0.05, 0.1) is 0 Å². The molecule has 0 aromatic heterocycles. The van der Waals surface area contributed by atoms with Gasteiger partial charge in [0.25, 0.3) is 0 Å². The average molecular weight is 128 g/mol. The predicted octanol–water partition coefficient (Wildman–Crippen LogP) is 0.333. The SMILES string of the molecule is CCC/C(C=O)=C\NN. The molecule has 0 bridgehead atoms. The Balaban J connectivity index is 3.66. The molecule has 0 aliphatic heterocycles. The van der Waals surface area contributed by atoms with E-state index in [-0.39, 0.29) is 0 Å². The molecule has 52 valence electrons. The zero-order valence-electron chi connectivity index (χ0n) is 5.55. The average Bonchev–Trinajstić information content (AvgIpc) is 1.88. The van der Waals surface area contributed by atoms with Crippen LogP contribution in [0, 0.1) is 0 Å². The molecule has 0 spiro atoms. The Morgan fingerprint density at radius 3 is 2.78 bits per heavy atom. The van der Waals surface area contributed by atoms with Crippen LogP contribution in [0.15, 0.2) is 11.8 Å². The van der Waals surface area contributed by atoms with E-state index < -0.39 is 0 Å². The first kappa shape index (κ1) is 8.17. The fourth-order valence-electron chi connectivity index (χ4n) is 0.561. The number of hydrazine groups is 1. The van der Waals surface area contributed by atoms with Crippen LogP contribution in [0.25, 0.3) is 0 Å². The highest BCUT2D eigenvalue weighted by molar-refractivity contribution is 5.72. The van der Waals surface area contributed by atoms with E-state index in [1.54, 1.807) is 0 Å². The number of hydrogen-bond donors (Lipinski definition) is 2. The Kier molecular flexibility index (Phi) is 4.82. The lowest BCUT2D eigenvalue weighted by Gasteiger charge is -1.93. The maximum atomic E-state index is 10.1. The standard InChI is InChI=1S/C6H12N2O/c1-2-3-6(5-9)4-8-7/h4-5,8H,2-3,7H2,1H3/b6-4+. The zero-order valence-corrected chi connectivity index (χ0v) is 5.55. The molecule has 0 unspecified atom stereocenters. The van der Waals surface area contributed by atoms with Gasteiger partial charge in [-0.15, -0.1) is 0 Å². The lowest BCUT2D eigenvalue weighted by molar-refractivity contribution is -0.105. The van der Waals surface area contributed by atoms with Gasteiger partial charge < -0.3 is 5.43 Å². The molecular formula is C6H12N2O. The maximum absolute atomic E-state index is 10.1. The number of carbonyl (C=O) groups excluding carboxylic acids is 1. The summed E-state index contributed by atoms with van der Waals surface area (Å²) in [6.07, 6.45) is 4.07. The molecule has 3 nitrogen and oxygen atoms in total. The van der Waals surface area contributed by atoms with E-state index >= 15 is 0 Å². The number of rotatable bonds is 4. The van der Waals surface area contributed by atoms with Gasteiger partial charge in [-0.25, -0.2) is 0 Å². The quantitative estimate of drug-likeness (QED) is 0.248. The molecule has 3 heteroatoms. The van der Waals surface area contributed by atoms with Crippen LogP contribution in [0.4, 0.5) is 0 Å². The summed E-state index contributed by atoms with van der Waals surface area (Å²) in [5.41, 5.74) is 3.02. The Hall–Kier alpha value is -0.830. The van der Waals surface area contributed by atoms with Crippen LogP contribution in [-0.2, 0) is 4.79 Å². The molecule has 0 aliphatic rings. The van der Waals surface area contributed by atoms with E-state index in [9.17, 15) is 4.79 Å². The Labute approximate surface area is 54.9 Å². The summed E-state index contributed by atoms with van der Waals surface area (Å²) in [4.78, 5) is 10.1. The van der Waals surface area contributed by atoms with Gasteiger partial charge in [0.2, 0.25) is 0 Å². The van der Waals surface area contributed by atoms with E-state index in [1.807, 2.05) is 6.92 Å². The van der Waals surface area contributed by atoms with Gasteiger partial charge in [0.1, 0.15) is 6.29 Å². The van der Waals surface area contributed by atoms with Crippen LogP contribution < -0.4 is 11.3 Å².